The van der Waals surface area contributed by atoms with E-state index in [-0.39, 0.29) is 30.9 Å². The lowest BCUT2D eigenvalue weighted by molar-refractivity contribution is -0.122. The number of imidazole rings is 2. The summed E-state index contributed by atoms with van der Waals surface area (Å²) in [5.74, 6) is 1.49. The molecule has 2 heterocycles. The van der Waals surface area contributed by atoms with E-state index >= 15 is 0 Å². The first-order valence-corrected chi connectivity index (χ1v) is 9.59. The summed E-state index contributed by atoms with van der Waals surface area (Å²) in [4.78, 5) is 34.3. The largest absolute Gasteiger partial charge is 0.358 e. The van der Waals surface area contributed by atoms with Crippen LogP contribution in [0, 0.1) is 0 Å². The van der Waals surface area contributed by atoms with Crippen molar-refractivity contribution in [3.63, 3.8) is 0 Å². The minimum Gasteiger partial charge on any atom is -0.358 e. The van der Waals surface area contributed by atoms with Gasteiger partial charge in [-0.2, -0.15) is 0 Å². The first-order chi connectivity index (χ1) is 13.4. The van der Waals surface area contributed by atoms with Crippen molar-refractivity contribution in [3.05, 3.63) is 36.4 Å². The van der Waals surface area contributed by atoms with E-state index < -0.39 is 0 Å². The number of carbonyl (C=O) groups excluding carboxylic acids is 2. The molecule has 0 radical (unpaired) electrons. The number of amides is 2. The molecule has 0 aromatic carbocycles. The van der Waals surface area contributed by atoms with Crippen molar-refractivity contribution in [2.24, 2.45) is 0 Å². The Kier molecular flexibility index (Phi) is 9.94. The fourth-order valence-corrected chi connectivity index (χ4v) is 2.52. The van der Waals surface area contributed by atoms with Crippen LogP contribution in [0.5, 0.6) is 0 Å². The summed E-state index contributed by atoms with van der Waals surface area (Å²) in [6.07, 6.45) is 7.00. The molecule has 156 valence electrons. The van der Waals surface area contributed by atoms with E-state index in [2.05, 4.69) is 39.3 Å². The van der Waals surface area contributed by atoms with Gasteiger partial charge in [-0.05, 0) is 13.8 Å². The monoisotopic (exact) mass is 391 g/mol. The number of aromatic nitrogens is 4. The molecular weight excluding hydrogens is 358 g/mol. The van der Waals surface area contributed by atoms with Crippen molar-refractivity contribution in [1.29, 1.82) is 0 Å². The number of hydrogen-bond donors (Lipinski definition) is 2. The summed E-state index contributed by atoms with van der Waals surface area (Å²) in [5, 5.41) is 5.24. The van der Waals surface area contributed by atoms with Gasteiger partial charge in [0.05, 0.1) is 13.1 Å². The van der Waals surface area contributed by atoms with Crippen molar-refractivity contribution in [2.45, 2.75) is 59.9 Å². The number of carbonyl (C=O) groups is 2. The Morgan fingerprint density at radius 1 is 0.929 bits per heavy atom. The molecular formula is C19H33N7O2. The van der Waals surface area contributed by atoms with E-state index in [0.717, 1.165) is 11.6 Å². The summed E-state index contributed by atoms with van der Waals surface area (Å²) >= 11 is 0. The van der Waals surface area contributed by atoms with Crippen LogP contribution < -0.4 is 10.6 Å². The molecule has 0 spiro atoms. The highest BCUT2D eigenvalue weighted by molar-refractivity contribution is 5.75. The van der Waals surface area contributed by atoms with Crippen LogP contribution >= 0.6 is 0 Å². The van der Waals surface area contributed by atoms with Gasteiger partial charge in [-0.25, -0.2) is 9.97 Å². The van der Waals surface area contributed by atoms with Crippen LogP contribution in [0.15, 0.2) is 24.8 Å². The van der Waals surface area contributed by atoms with Gasteiger partial charge < -0.3 is 19.8 Å². The van der Waals surface area contributed by atoms with Crippen molar-refractivity contribution in [1.82, 2.24) is 34.6 Å². The van der Waals surface area contributed by atoms with Crippen LogP contribution in [0.3, 0.4) is 0 Å². The number of rotatable bonds is 9. The zero-order chi connectivity index (χ0) is 21.1. The topological polar surface area (TPSA) is 97.1 Å². The van der Waals surface area contributed by atoms with E-state index in [1.807, 2.05) is 23.0 Å². The summed E-state index contributed by atoms with van der Waals surface area (Å²) < 4.78 is 3.68. The Labute approximate surface area is 167 Å². The minimum absolute atomic E-state index is 0.0681. The molecule has 0 fully saturated rings. The third kappa shape index (κ3) is 6.80. The summed E-state index contributed by atoms with van der Waals surface area (Å²) in [6.45, 7) is 9.82. The van der Waals surface area contributed by atoms with E-state index in [0.29, 0.717) is 13.1 Å². The average Bonchev–Trinajstić information content (AvgIpc) is 3.32. The summed E-state index contributed by atoms with van der Waals surface area (Å²) in [5.41, 5.74) is 0. The molecule has 0 saturated heterocycles. The van der Waals surface area contributed by atoms with Gasteiger partial charge in [-0.15, -0.1) is 0 Å². The zero-order valence-corrected chi connectivity index (χ0v) is 17.8. The second-order valence-corrected chi connectivity index (χ2v) is 6.29. The molecule has 2 rings (SSSR count). The van der Waals surface area contributed by atoms with Crippen LogP contribution in [0.4, 0.5) is 0 Å². The number of nitrogens with one attached hydrogen (secondary N) is 2. The van der Waals surface area contributed by atoms with Crippen molar-refractivity contribution >= 4 is 11.8 Å². The van der Waals surface area contributed by atoms with Gasteiger partial charge in [-0.3, -0.25) is 14.5 Å². The number of nitrogens with zero attached hydrogens (tertiary/aromatic N) is 5. The Morgan fingerprint density at radius 3 is 1.64 bits per heavy atom. The van der Waals surface area contributed by atoms with Gasteiger partial charge in [0.15, 0.2) is 0 Å². The fraction of sp³-hybridized carbons (Fsp3) is 0.579. The zero-order valence-electron chi connectivity index (χ0n) is 17.8. The molecule has 2 N–H and O–H groups in total. The molecule has 2 amide bonds. The first-order valence-electron chi connectivity index (χ1n) is 9.59. The lowest BCUT2D eigenvalue weighted by Gasteiger charge is -2.26. The normalized spacial score (nSPS) is 10.6. The molecule has 0 saturated carbocycles. The molecule has 0 aliphatic heterocycles. The Bertz CT molecular complexity index is 678. The smallest absolute Gasteiger partial charge is 0.239 e. The Balaban J connectivity index is 0.00000190. The lowest BCUT2D eigenvalue weighted by atomic mass is 10.3. The van der Waals surface area contributed by atoms with E-state index in [4.69, 9.17) is 0 Å². The lowest BCUT2D eigenvalue weighted by Crippen LogP contribution is -2.33. The van der Waals surface area contributed by atoms with Gasteiger partial charge in [-0.1, -0.05) is 13.8 Å². The molecule has 2 aromatic rings. The maximum atomic E-state index is 11.7. The molecule has 0 aliphatic carbocycles. The third-order valence-corrected chi connectivity index (χ3v) is 4.21. The van der Waals surface area contributed by atoms with Gasteiger partial charge in [0.1, 0.15) is 24.7 Å². The molecule has 0 atom stereocenters. The molecule has 0 aliphatic rings. The maximum Gasteiger partial charge on any atom is 0.239 e. The summed E-state index contributed by atoms with van der Waals surface area (Å²) in [6, 6.07) is 0.241. The van der Waals surface area contributed by atoms with Gasteiger partial charge in [0, 0.05) is 44.9 Å². The maximum absolute atomic E-state index is 11.7. The number of hydrogen-bond acceptors (Lipinski definition) is 5. The fourth-order valence-electron chi connectivity index (χ4n) is 2.52. The standard InChI is InChI=1S/C17H27N7O2.C2H6/c1-13(2)24(9-14-20-5-7-22(14)11-16(25)18-3)10-15-21-6-8-23(15)12-17(26)19-4;1-2/h5-8,13H,9-12H2,1-4H3,(H,18,25)(H,19,26);1-2H3. The second kappa shape index (κ2) is 11.9. The van der Waals surface area contributed by atoms with Crippen LogP contribution in [-0.2, 0) is 35.8 Å². The molecule has 2 aromatic heterocycles. The predicted molar refractivity (Wildman–Crippen MR) is 108 cm³/mol. The van der Waals surface area contributed by atoms with Gasteiger partial charge in [0.2, 0.25) is 11.8 Å². The molecule has 9 heteroatoms. The van der Waals surface area contributed by atoms with Gasteiger partial charge >= 0.3 is 0 Å². The molecule has 28 heavy (non-hydrogen) atoms. The van der Waals surface area contributed by atoms with E-state index in [1.165, 1.54) is 0 Å². The van der Waals surface area contributed by atoms with E-state index in [9.17, 15) is 9.59 Å². The number of likely N-dealkylation sites (N-methyl/N-ethyl adjacent to an activating group) is 2. The van der Waals surface area contributed by atoms with Crippen LogP contribution in [-0.4, -0.2) is 56.0 Å². The molecule has 0 unspecified atom stereocenters. The highest BCUT2D eigenvalue weighted by Gasteiger charge is 2.18. The molecule has 0 bridgehead atoms. The quantitative estimate of drug-likeness (QED) is 0.665. The molecule has 9 nitrogen and oxygen atoms in total. The Morgan fingerprint density at radius 2 is 1.32 bits per heavy atom. The van der Waals surface area contributed by atoms with E-state index in [1.54, 1.807) is 38.9 Å². The van der Waals surface area contributed by atoms with Crippen LogP contribution in [0.1, 0.15) is 39.3 Å². The SMILES string of the molecule is CC.CNC(=O)Cn1ccnc1CN(Cc1nccn1CC(=O)NC)C(C)C. The Hall–Kier alpha value is -2.68. The first kappa shape index (κ1) is 23.4. The van der Waals surface area contributed by atoms with Crippen molar-refractivity contribution in [3.8, 4) is 0 Å². The minimum atomic E-state index is -0.0681. The predicted octanol–water partition coefficient (Wildman–Crippen LogP) is 1.01. The van der Waals surface area contributed by atoms with Crippen LogP contribution in [0.2, 0.25) is 0 Å². The summed E-state index contributed by atoms with van der Waals surface area (Å²) in [7, 11) is 3.23. The van der Waals surface area contributed by atoms with Crippen molar-refractivity contribution in [2.75, 3.05) is 14.1 Å². The highest BCUT2D eigenvalue weighted by atomic mass is 16.2. The second-order valence-electron chi connectivity index (χ2n) is 6.29. The highest BCUT2D eigenvalue weighted by Crippen LogP contribution is 2.12. The van der Waals surface area contributed by atoms with Crippen molar-refractivity contribution < 1.29 is 9.59 Å². The van der Waals surface area contributed by atoms with Gasteiger partial charge in [0.25, 0.3) is 0 Å². The van der Waals surface area contributed by atoms with Crippen LogP contribution in [0.25, 0.3) is 0 Å². The average molecular weight is 392 g/mol. The third-order valence-electron chi connectivity index (χ3n) is 4.21.